The van der Waals surface area contributed by atoms with Crippen LogP contribution in [-0.4, -0.2) is 54.0 Å². The van der Waals surface area contributed by atoms with E-state index < -0.39 is 11.7 Å². The van der Waals surface area contributed by atoms with E-state index in [9.17, 15) is 18.0 Å². The van der Waals surface area contributed by atoms with E-state index in [1.165, 1.54) is 23.3 Å². The second kappa shape index (κ2) is 7.82. The zero-order valence-electron chi connectivity index (χ0n) is 17.9. The molecule has 0 N–H and O–H groups in total. The Balaban J connectivity index is 1.39. The second-order valence-corrected chi connectivity index (χ2v) is 8.43. The Morgan fingerprint density at radius 1 is 1.12 bits per heavy atom. The Morgan fingerprint density at radius 3 is 2.52 bits per heavy atom. The molecular weight excluding hydrogens is 437 g/mol. The zero-order valence-corrected chi connectivity index (χ0v) is 17.9. The van der Waals surface area contributed by atoms with Gasteiger partial charge in [0.05, 0.1) is 29.6 Å². The highest BCUT2D eigenvalue weighted by Crippen LogP contribution is 2.44. The summed E-state index contributed by atoms with van der Waals surface area (Å²) >= 11 is 0. The minimum atomic E-state index is -4.46. The van der Waals surface area contributed by atoms with Crippen LogP contribution in [0.3, 0.4) is 0 Å². The lowest BCUT2D eigenvalue weighted by atomic mass is 9.98. The zero-order chi connectivity index (χ0) is 23.3. The molecule has 1 aliphatic heterocycles. The number of halogens is 3. The maximum Gasteiger partial charge on any atom is 0.417 e. The fourth-order valence-corrected chi connectivity index (χ4v) is 4.79. The number of carbonyl (C=O) groups is 1. The summed E-state index contributed by atoms with van der Waals surface area (Å²) in [5.41, 5.74) is 0.270. The van der Waals surface area contributed by atoms with Gasteiger partial charge >= 0.3 is 6.18 Å². The number of amides is 1. The summed E-state index contributed by atoms with van der Waals surface area (Å²) in [6.07, 6.45) is 0.434. The predicted molar refractivity (Wildman–Crippen MR) is 110 cm³/mol. The molecule has 0 radical (unpaired) electrons. The smallest absolute Gasteiger partial charge is 0.417 e. The number of likely N-dealkylation sites (tertiary alicyclic amines) is 1. The third-order valence-electron chi connectivity index (χ3n) is 6.41. The van der Waals surface area contributed by atoms with Crippen molar-refractivity contribution >= 4 is 5.91 Å². The molecule has 3 aromatic rings. The Kier molecular flexibility index (Phi) is 5.06. The maximum atomic E-state index is 13.6. The molecule has 2 bridgehead atoms. The van der Waals surface area contributed by atoms with E-state index in [2.05, 4.69) is 20.2 Å². The summed E-state index contributed by atoms with van der Waals surface area (Å²) in [5.74, 6) is 0.479. The van der Waals surface area contributed by atoms with Gasteiger partial charge in [-0.2, -0.15) is 23.4 Å². The van der Waals surface area contributed by atoms with Gasteiger partial charge in [0.25, 0.3) is 5.91 Å². The lowest BCUT2D eigenvalue weighted by Crippen LogP contribution is -2.51. The summed E-state index contributed by atoms with van der Waals surface area (Å²) in [6.45, 7) is 3.82. The average molecular weight is 458 g/mol. The van der Waals surface area contributed by atoms with Crippen molar-refractivity contribution in [2.24, 2.45) is 5.92 Å². The Morgan fingerprint density at radius 2 is 1.88 bits per heavy atom. The van der Waals surface area contributed by atoms with E-state index in [0.717, 1.165) is 24.4 Å². The molecule has 0 spiro atoms. The standard InChI is InChI=1S/C22H21F3N6O2/c1-12-3-5-16(20(29-12)31-27-7-8-28-31)21(32)30-13(2)14-9-17(30)18(10-14)33-19-6-4-15(11-26-19)22(23,24)25/h3-8,11,13-14,17-18H,9-10H2,1-2H3/t13?,14?,17-,18+/m0/s1. The van der Waals surface area contributed by atoms with E-state index >= 15 is 0 Å². The summed E-state index contributed by atoms with van der Waals surface area (Å²) in [6, 6.07) is 5.41. The number of nitrogens with zero attached hydrogens (tertiary/aromatic N) is 6. The quantitative estimate of drug-likeness (QED) is 0.595. The number of aryl methyl sites for hydroxylation is 1. The van der Waals surface area contributed by atoms with Crippen LogP contribution in [0.25, 0.3) is 5.82 Å². The van der Waals surface area contributed by atoms with E-state index in [1.54, 1.807) is 17.0 Å². The van der Waals surface area contributed by atoms with Crippen molar-refractivity contribution in [1.29, 1.82) is 0 Å². The van der Waals surface area contributed by atoms with E-state index in [0.29, 0.717) is 17.8 Å². The molecule has 1 amide bonds. The van der Waals surface area contributed by atoms with Crippen molar-refractivity contribution < 1.29 is 22.7 Å². The molecule has 1 saturated heterocycles. The number of pyridine rings is 2. The summed E-state index contributed by atoms with van der Waals surface area (Å²) in [4.78, 5) is 25.0. The van der Waals surface area contributed by atoms with E-state index in [4.69, 9.17) is 4.74 Å². The van der Waals surface area contributed by atoms with Crippen LogP contribution in [0, 0.1) is 12.8 Å². The Hall–Kier alpha value is -3.50. The number of alkyl halides is 3. The van der Waals surface area contributed by atoms with E-state index in [-0.39, 0.29) is 35.9 Å². The number of piperidine rings is 1. The van der Waals surface area contributed by atoms with Gasteiger partial charge in [-0.15, -0.1) is 4.80 Å². The van der Waals surface area contributed by atoms with Gasteiger partial charge in [-0.1, -0.05) is 0 Å². The molecular formula is C22H21F3N6O2. The number of carbonyl (C=O) groups excluding carboxylic acids is 1. The predicted octanol–water partition coefficient (Wildman–Crippen LogP) is 3.46. The first-order valence-electron chi connectivity index (χ1n) is 10.6. The highest BCUT2D eigenvalue weighted by molar-refractivity contribution is 5.97. The molecule has 2 fully saturated rings. The molecule has 172 valence electrons. The lowest BCUT2D eigenvalue weighted by molar-refractivity contribution is -0.137. The van der Waals surface area contributed by atoms with Crippen LogP contribution >= 0.6 is 0 Å². The van der Waals surface area contributed by atoms with Crippen LogP contribution in [0.5, 0.6) is 5.88 Å². The lowest BCUT2D eigenvalue weighted by Gasteiger charge is -2.37. The molecule has 1 aliphatic carbocycles. The normalized spacial score (nSPS) is 24.3. The highest BCUT2D eigenvalue weighted by Gasteiger charge is 2.53. The third kappa shape index (κ3) is 3.81. The molecule has 4 atom stereocenters. The van der Waals surface area contributed by atoms with Crippen molar-refractivity contribution in [2.75, 3.05) is 0 Å². The topological polar surface area (TPSA) is 86.0 Å². The molecule has 2 unspecified atom stereocenters. The van der Waals surface area contributed by atoms with Crippen LogP contribution in [0.1, 0.15) is 41.4 Å². The van der Waals surface area contributed by atoms with Crippen LogP contribution in [0.4, 0.5) is 13.2 Å². The van der Waals surface area contributed by atoms with Crippen LogP contribution in [0.2, 0.25) is 0 Å². The maximum absolute atomic E-state index is 13.6. The Bertz CT molecular complexity index is 1170. The molecule has 11 heteroatoms. The van der Waals surface area contributed by atoms with Crippen LogP contribution < -0.4 is 4.74 Å². The van der Waals surface area contributed by atoms with Crippen molar-refractivity contribution in [3.8, 4) is 11.7 Å². The molecule has 4 heterocycles. The summed E-state index contributed by atoms with van der Waals surface area (Å²) < 4.78 is 44.4. The number of aromatic nitrogens is 5. The molecule has 2 aliphatic rings. The van der Waals surface area contributed by atoms with Crippen molar-refractivity contribution in [2.45, 2.75) is 51.1 Å². The minimum absolute atomic E-state index is 0.0114. The largest absolute Gasteiger partial charge is 0.472 e. The van der Waals surface area contributed by atoms with Gasteiger partial charge in [-0.3, -0.25) is 4.79 Å². The second-order valence-electron chi connectivity index (χ2n) is 8.43. The van der Waals surface area contributed by atoms with E-state index in [1.807, 2.05) is 13.8 Å². The van der Waals surface area contributed by atoms with Gasteiger partial charge in [-0.25, -0.2) is 9.97 Å². The first kappa shape index (κ1) is 21.4. The molecule has 33 heavy (non-hydrogen) atoms. The van der Waals surface area contributed by atoms with Gasteiger partial charge in [0.2, 0.25) is 5.88 Å². The average Bonchev–Trinajstić information content (AvgIpc) is 3.50. The molecule has 1 saturated carbocycles. The van der Waals surface area contributed by atoms with Crippen LogP contribution in [-0.2, 0) is 6.18 Å². The Labute approximate surface area is 187 Å². The van der Waals surface area contributed by atoms with Gasteiger partial charge in [0.15, 0.2) is 5.82 Å². The summed E-state index contributed by atoms with van der Waals surface area (Å²) in [5, 5.41) is 8.24. The number of hydrogen-bond acceptors (Lipinski definition) is 6. The van der Waals surface area contributed by atoms with Crippen molar-refractivity contribution in [3.63, 3.8) is 0 Å². The molecule has 8 nitrogen and oxygen atoms in total. The van der Waals surface area contributed by atoms with Crippen LogP contribution in [0.15, 0.2) is 42.9 Å². The molecule has 0 aromatic carbocycles. The number of fused-ring (bicyclic) bond motifs is 2. The highest BCUT2D eigenvalue weighted by atomic mass is 19.4. The number of rotatable bonds is 4. The monoisotopic (exact) mass is 458 g/mol. The molecule has 3 aromatic heterocycles. The fraction of sp³-hybridized carbons (Fsp3) is 0.409. The van der Waals surface area contributed by atoms with Gasteiger partial charge in [0, 0.05) is 24.0 Å². The first-order chi connectivity index (χ1) is 15.7. The number of hydrogen-bond donors (Lipinski definition) is 0. The fourth-order valence-electron chi connectivity index (χ4n) is 4.79. The molecule has 5 rings (SSSR count). The van der Waals surface area contributed by atoms with Gasteiger partial charge < -0.3 is 9.64 Å². The van der Waals surface area contributed by atoms with Gasteiger partial charge in [0.1, 0.15) is 6.10 Å². The number of ether oxygens (including phenoxy) is 1. The SMILES string of the molecule is Cc1ccc(C(=O)N2C(C)C3C[C@@H](Oc4ccc(C(F)(F)F)cn4)[C@@H]2C3)c(-n2nccn2)n1. The van der Waals surface area contributed by atoms with Crippen molar-refractivity contribution in [1.82, 2.24) is 29.9 Å². The van der Waals surface area contributed by atoms with Crippen molar-refractivity contribution in [3.05, 3.63) is 59.7 Å². The third-order valence-corrected chi connectivity index (χ3v) is 6.41. The minimum Gasteiger partial charge on any atom is -0.472 e. The first-order valence-corrected chi connectivity index (χ1v) is 10.6. The van der Waals surface area contributed by atoms with Gasteiger partial charge in [-0.05, 0) is 50.8 Å². The summed E-state index contributed by atoms with van der Waals surface area (Å²) in [7, 11) is 0.